The van der Waals surface area contributed by atoms with E-state index >= 15 is 0 Å². The van der Waals surface area contributed by atoms with Crippen LogP contribution in [0.4, 0.5) is 0 Å². The fourth-order valence-corrected chi connectivity index (χ4v) is 2.56. The Kier molecular flexibility index (Phi) is 11.0. The van der Waals surface area contributed by atoms with Crippen LogP contribution >= 0.6 is 0 Å². The summed E-state index contributed by atoms with van der Waals surface area (Å²) < 4.78 is 0. The molecule has 0 heterocycles. The van der Waals surface area contributed by atoms with E-state index < -0.39 is 0 Å². The van der Waals surface area contributed by atoms with Crippen molar-refractivity contribution in [1.82, 2.24) is 5.32 Å². The average Bonchev–Trinajstić information content (AvgIpc) is 2.38. The van der Waals surface area contributed by atoms with Crippen LogP contribution in [0.5, 0.6) is 0 Å². The highest BCUT2D eigenvalue weighted by molar-refractivity contribution is 4.83. The largest absolute Gasteiger partial charge is 0.311 e. The molecule has 0 saturated carbocycles. The highest BCUT2D eigenvalue weighted by atomic mass is 15.0. The predicted molar refractivity (Wildman–Crippen MR) is 79.6 cm³/mol. The van der Waals surface area contributed by atoms with Gasteiger partial charge < -0.3 is 5.32 Å². The second kappa shape index (κ2) is 11.1. The quantitative estimate of drug-likeness (QED) is 0.457. The molecular formula is C16H35N. The molecule has 0 radical (unpaired) electrons. The van der Waals surface area contributed by atoms with Gasteiger partial charge in [-0.1, -0.05) is 66.2 Å². The topological polar surface area (TPSA) is 12.0 Å². The first-order valence-electron chi connectivity index (χ1n) is 7.99. The lowest BCUT2D eigenvalue weighted by Crippen LogP contribution is -2.44. The lowest BCUT2D eigenvalue weighted by Gasteiger charge is -2.32. The third kappa shape index (κ3) is 7.81. The second-order valence-corrected chi connectivity index (χ2v) is 5.39. The molecule has 0 bridgehead atoms. The minimum absolute atomic E-state index is 0.419. The van der Waals surface area contributed by atoms with Gasteiger partial charge in [0.2, 0.25) is 0 Å². The highest BCUT2D eigenvalue weighted by Crippen LogP contribution is 2.19. The minimum atomic E-state index is 0.419. The molecule has 17 heavy (non-hydrogen) atoms. The van der Waals surface area contributed by atoms with Gasteiger partial charge in [-0.15, -0.1) is 0 Å². The summed E-state index contributed by atoms with van der Waals surface area (Å²) in [6, 6.07) is 0. The van der Waals surface area contributed by atoms with E-state index in [1.165, 1.54) is 70.8 Å². The molecule has 0 amide bonds. The highest BCUT2D eigenvalue weighted by Gasteiger charge is 2.21. The monoisotopic (exact) mass is 241 g/mol. The fraction of sp³-hybridized carbons (Fsp3) is 1.00. The van der Waals surface area contributed by atoms with Crippen molar-refractivity contribution in [3.8, 4) is 0 Å². The molecule has 0 atom stereocenters. The van der Waals surface area contributed by atoms with E-state index in [-0.39, 0.29) is 0 Å². The molecule has 104 valence electrons. The van der Waals surface area contributed by atoms with Crippen LogP contribution in [0.1, 0.15) is 91.9 Å². The van der Waals surface area contributed by atoms with E-state index in [9.17, 15) is 0 Å². The number of unbranched alkanes of at least 4 members (excludes halogenated alkanes) is 6. The van der Waals surface area contributed by atoms with Gasteiger partial charge in [-0.05, 0) is 32.2 Å². The van der Waals surface area contributed by atoms with Crippen LogP contribution in [-0.2, 0) is 0 Å². The van der Waals surface area contributed by atoms with Gasteiger partial charge in [0.05, 0.1) is 0 Å². The Morgan fingerprint density at radius 3 is 1.59 bits per heavy atom. The molecule has 1 N–H and O–H groups in total. The molecule has 0 saturated heterocycles. The van der Waals surface area contributed by atoms with Crippen molar-refractivity contribution >= 4 is 0 Å². The Morgan fingerprint density at radius 1 is 0.647 bits per heavy atom. The summed E-state index contributed by atoms with van der Waals surface area (Å²) in [5, 5.41) is 3.78. The van der Waals surface area contributed by atoms with Crippen molar-refractivity contribution in [3.05, 3.63) is 0 Å². The smallest absolute Gasteiger partial charge is 0.0173 e. The summed E-state index contributed by atoms with van der Waals surface area (Å²) in [6.07, 6.45) is 13.6. The lowest BCUT2D eigenvalue weighted by atomic mass is 9.89. The third-order valence-electron chi connectivity index (χ3n) is 4.31. The third-order valence-corrected chi connectivity index (χ3v) is 4.31. The maximum atomic E-state index is 3.78. The van der Waals surface area contributed by atoms with Crippen LogP contribution in [0.15, 0.2) is 0 Å². The summed E-state index contributed by atoms with van der Waals surface area (Å²) in [5.41, 5.74) is 0.419. The molecule has 0 aliphatic carbocycles. The summed E-state index contributed by atoms with van der Waals surface area (Å²) in [5.74, 6) is 0. The van der Waals surface area contributed by atoms with Crippen molar-refractivity contribution in [2.75, 3.05) is 6.54 Å². The van der Waals surface area contributed by atoms with Crippen LogP contribution in [0.2, 0.25) is 0 Å². The number of hydrogen-bond acceptors (Lipinski definition) is 1. The number of rotatable bonds is 12. The number of nitrogens with one attached hydrogen (secondary N) is 1. The van der Waals surface area contributed by atoms with Crippen LogP contribution in [0.3, 0.4) is 0 Å². The van der Waals surface area contributed by atoms with Crippen LogP contribution in [-0.4, -0.2) is 12.1 Å². The Hall–Kier alpha value is -0.0400. The van der Waals surface area contributed by atoms with Gasteiger partial charge in [-0.25, -0.2) is 0 Å². The lowest BCUT2D eigenvalue weighted by molar-refractivity contribution is 0.288. The second-order valence-electron chi connectivity index (χ2n) is 5.39. The molecule has 0 aromatic carbocycles. The van der Waals surface area contributed by atoms with E-state index in [0.29, 0.717) is 5.54 Å². The molecule has 0 aromatic rings. The Labute approximate surface area is 110 Å². The van der Waals surface area contributed by atoms with Crippen molar-refractivity contribution in [2.24, 2.45) is 0 Å². The molecule has 0 aliphatic rings. The van der Waals surface area contributed by atoms with E-state index in [2.05, 4.69) is 33.0 Å². The maximum absolute atomic E-state index is 3.78. The van der Waals surface area contributed by atoms with E-state index in [4.69, 9.17) is 0 Å². The molecule has 0 aliphatic heterocycles. The number of hydrogen-bond donors (Lipinski definition) is 1. The molecule has 0 unspecified atom stereocenters. The molecule has 0 fully saturated rings. The van der Waals surface area contributed by atoms with Crippen LogP contribution < -0.4 is 5.32 Å². The fourth-order valence-electron chi connectivity index (χ4n) is 2.56. The zero-order valence-corrected chi connectivity index (χ0v) is 12.8. The zero-order chi connectivity index (χ0) is 13.0. The van der Waals surface area contributed by atoms with Gasteiger partial charge in [0.1, 0.15) is 0 Å². The first-order chi connectivity index (χ1) is 8.24. The summed E-state index contributed by atoms with van der Waals surface area (Å²) in [4.78, 5) is 0. The van der Waals surface area contributed by atoms with Gasteiger partial charge in [-0.2, -0.15) is 0 Å². The Balaban J connectivity index is 3.43. The van der Waals surface area contributed by atoms with Crippen LogP contribution in [0, 0.1) is 0 Å². The van der Waals surface area contributed by atoms with Crippen molar-refractivity contribution in [3.63, 3.8) is 0 Å². The normalized spacial score (nSPS) is 12.0. The SMILES string of the molecule is CCCCCCCCCNC(CC)(CC)CC. The zero-order valence-electron chi connectivity index (χ0n) is 12.8. The molecule has 0 rings (SSSR count). The minimum Gasteiger partial charge on any atom is -0.311 e. The standard InChI is InChI=1S/C16H35N/c1-5-9-10-11-12-13-14-15-17-16(6-2,7-3)8-4/h17H,5-15H2,1-4H3. The first-order valence-corrected chi connectivity index (χ1v) is 7.99. The van der Waals surface area contributed by atoms with Gasteiger partial charge in [-0.3, -0.25) is 0 Å². The van der Waals surface area contributed by atoms with Gasteiger partial charge in [0.15, 0.2) is 0 Å². The maximum Gasteiger partial charge on any atom is 0.0173 e. The molecule has 0 aromatic heterocycles. The Bertz CT molecular complexity index is 141. The van der Waals surface area contributed by atoms with Crippen molar-refractivity contribution in [2.45, 2.75) is 97.4 Å². The summed E-state index contributed by atoms with van der Waals surface area (Å²) in [7, 11) is 0. The average molecular weight is 241 g/mol. The van der Waals surface area contributed by atoms with Crippen molar-refractivity contribution in [1.29, 1.82) is 0 Å². The molecule has 0 spiro atoms. The molecule has 1 heteroatoms. The Morgan fingerprint density at radius 2 is 1.12 bits per heavy atom. The summed E-state index contributed by atoms with van der Waals surface area (Å²) >= 11 is 0. The summed E-state index contributed by atoms with van der Waals surface area (Å²) in [6.45, 7) is 10.4. The van der Waals surface area contributed by atoms with Crippen LogP contribution in [0.25, 0.3) is 0 Å². The van der Waals surface area contributed by atoms with E-state index in [1.807, 2.05) is 0 Å². The van der Waals surface area contributed by atoms with Gasteiger partial charge in [0.25, 0.3) is 0 Å². The predicted octanol–water partition coefficient (Wildman–Crippen LogP) is 5.30. The van der Waals surface area contributed by atoms with E-state index in [0.717, 1.165) is 0 Å². The van der Waals surface area contributed by atoms with Gasteiger partial charge in [0, 0.05) is 5.54 Å². The molecular weight excluding hydrogens is 206 g/mol. The first kappa shape index (κ1) is 17.0. The van der Waals surface area contributed by atoms with Crippen molar-refractivity contribution < 1.29 is 0 Å². The van der Waals surface area contributed by atoms with E-state index in [1.54, 1.807) is 0 Å². The molecule has 1 nitrogen and oxygen atoms in total. The van der Waals surface area contributed by atoms with Gasteiger partial charge >= 0.3 is 0 Å².